The highest BCUT2D eigenvalue weighted by atomic mass is 16.4. The molecule has 1 aromatic rings. The van der Waals surface area contributed by atoms with E-state index in [2.05, 4.69) is 5.32 Å². The molecule has 6 nitrogen and oxygen atoms in total. The number of nitrogens with one attached hydrogen (secondary N) is 1. The van der Waals surface area contributed by atoms with Gasteiger partial charge in [-0.05, 0) is 26.5 Å². The first-order valence-electron chi connectivity index (χ1n) is 6.25. The minimum absolute atomic E-state index is 0.0831. The van der Waals surface area contributed by atoms with Gasteiger partial charge in [0.2, 0.25) is 5.91 Å². The summed E-state index contributed by atoms with van der Waals surface area (Å²) in [4.78, 5) is 24.5. The Morgan fingerprint density at radius 3 is 2.68 bits per heavy atom. The third kappa shape index (κ3) is 4.75. The van der Waals surface area contributed by atoms with E-state index in [9.17, 15) is 9.59 Å². The van der Waals surface area contributed by atoms with Crippen LogP contribution in [0.1, 0.15) is 36.9 Å². The van der Waals surface area contributed by atoms with Crippen molar-refractivity contribution in [3.63, 3.8) is 0 Å². The fourth-order valence-electron chi connectivity index (χ4n) is 1.71. The molecule has 1 aromatic heterocycles. The third-order valence-electron chi connectivity index (χ3n) is 2.61. The third-order valence-corrected chi connectivity index (χ3v) is 2.61. The summed E-state index contributed by atoms with van der Waals surface area (Å²) < 4.78 is 5.17. The lowest BCUT2D eigenvalue weighted by Crippen LogP contribution is -2.39. The van der Waals surface area contributed by atoms with Crippen LogP contribution in [0.2, 0.25) is 0 Å². The van der Waals surface area contributed by atoms with E-state index in [1.807, 2.05) is 25.7 Å². The number of nitrogens with zero attached hydrogens (tertiary/aromatic N) is 1. The maximum Gasteiger partial charge on any atom is 0.339 e. The first kappa shape index (κ1) is 15.2. The minimum atomic E-state index is -1.02. The molecule has 0 atom stereocenters. The average Bonchev–Trinajstić information content (AvgIpc) is 2.75. The summed E-state index contributed by atoms with van der Waals surface area (Å²) in [6.07, 6.45) is 1.35. The van der Waals surface area contributed by atoms with E-state index in [0.717, 1.165) is 0 Å². The van der Waals surface area contributed by atoms with Gasteiger partial charge in [0, 0.05) is 6.04 Å². The van der Waals surface area contributed by atoms with Crippen LogP contribution in [0.3, 0.4) is 0 Å². The molecule has 0 aromatic carbocycles. The molecule has 0 saturated carbocycles. The molecule has 0 fully saturated rings. The van der Waals surface area contributed by atoms with Crippen molar-refractivity contribution in [3.05, 3.63) is 23.7 Å². The molecule has 19 heavy (non-hydrogen) atoms. The van der Waals surface area contributed by atoms with Crippen LogP contribution in [0.15, 0.2) is 16.7 Å². The van der Waals surface area contributed by atoms with E-state index >= 15 is 0 Å². The largest absolute Gasteiger partial charge is 0.478 e. The van der Waals surface area contributed by atoms with Gasteiger partial charge in [0.25, 0.3) is 0 Å². The van der Waals surface area contributed by atoms with Crippen molar-refractivity contribution < 1.29 is 19.1 Å². The summed E-state index contributed by atoms with van der Waals surface area (Å²) in [5.41, 5.74) is 0.141. The maximum absolute atomic E-state index is 11.7. The normalized spacial score (nSPS) is 11.0. The molecule has 2 N–H and O–H groups in total. The number of rotatable bonds is 7. The molecule has 1 amide bonds. The topological polar surface area (TPSA) is 82.8 Å². The summed E-state index contributed by atoms with van der Waals surface area (Å²) in [5, 5.41) is 11.8. The van der Waals surface area contributed by atoms with Gasteiger partial charge in [0.1, 0.15) is 11.3 Å². The molecule has 0 bridgehead atoms. The molecule has 0 aliphatic rings. The Morgan fingerprint density at radius 1 is 1.47 bits per heavy atom. The van der Waals surface area contributed by atoms with Crippen LogP contribution in [0, 0.1) is 0 Å². The predicted octanol–water partition coefficient (Wildman–Crippen LogP) is 1.32. The summed E-state index contributed by atoms with van der Waals surface area (Å²) in [5.74, 6) is -0.738. The molecule has 106 valence electrons. The van der Waals surface area contributed by atoms with Crippen molar-refractivity contribution >= 4 is 11.9 Å². The Hall–Kier alpha value is -1.82. The van der Waals surface area contributed by atoms with E-state index in [1.54, 1.807) is 0 Å². The zero-order chi connectivity index (χ0) is 14.4. The van der Waals surface area contributed by atoms with Crippen LogP contribution in [-0.4, -0.2) is 41.0 Å². The van der Waals surface area contributed by atoms with Crippen LogP contribution in [0.25, 0.3) is 0 Å². The molecule has 0 aliphatic heterocycles. The van der Waals surface area contributed by atoms with Crippen molar-refractivity contribution in [1.29, 1.82) is 0 Å². The number of furan rings is 1. The average molecular weight is 268 g/mol. The number of likely N-dealkylation sites (N-methyl/N-ethyl adjacent to an activating group) is 1. The number of aromatic carboxylic acids is 1. The van der Waals surface area contributed by atoms with Gasteiger partial charge in [0.05, 0.1) is 19.4 Å². The van der Waals surface area contributed by atoms with Crippen LogP contribution in [0.5, 0.6) is 0 Å². The van der Waals surface area contributed by atoms with Gasteiger partial charge in [0.15, 0.2) is 0 Å². The summed E-state index contributed by atoms with van der Waals surface area (Å²) in [7, 11) is 0. The van der Waals surface area contributed by atoms with E-state index in [1.165, 1.54) is 12.3 Å². The number of amides is 1. The monoisotopic (exact) mass is 268 g/mol. The predicted molar refractivity (Wildman–Crippen MR) is 69.9 cm³/mol. The molecule has 0 aliphatic carbocycles. The zero-order valence-electron chi connectivity index (χ0n) is 11.5. The number of carboxylic acids is 1. The molecular weight excluding hydrogens is 248 g/mol. The Balaban J connectivity index is 2.64. The summed E-state index contributed by atoms with van der Waals surface area (Å²) >= 11 is 0. The van der Waals surface area contributed by atoms with E-state index in [0.29, 0.717) is 18.8 Å². The second-order valence-corrected chi connectivity index (χ2v) is 4.59. The number of hydrogen-bond donors (Lipinski definition) is 2. The molecule has 0 spiro atoms. The van der Waals surface area contributed by atoms with Crippen molar-refractivity contribution in [2.24, 2.45) is 0 Å². The Labute approximate surface area is 112 Å². The lowest BCUT2D eigenvalue weighted by Gasteiger charge is -2.19. The van der Waals surface area contributed by atoms with Gasteiger partial charge in [-0.25, -0.2) is 4.79 Å². The van der Waals surface area contributed by atoms with E-state index in [-0.39, 0.29) is 24.1 Å². The minimum Gasteiger partial charge on any atom is -0.478 e. The second-order valence-electron chi connectivity index (χ2n) is 4.59. The Morgan fingerprint density at radius 2 is 2.16 bits per heavy atom. The first-order valence-corrected chi connectivity index (χ1v) is 6.25. The first-order chi connectivity index (χ1) is 8.93. The van der Waals surface area contributed by atoms with Crippen LogP contribution < -0.4 is 5.32 Å². The Kier molecular flexibility index (Phi) is 5.57. The molecule has 0 unspecified atom stereocenters. The molecule has 1 heterocycles. The molecular formula is C13H20N2O4. The molecule has 1 rings (SSSR count). The maximum atomic E-state index is 11.7. The number of carbonyl (C=O) groups excluding carboxylic acids is 1. The highest BCUT2D eigenvalue weighted by Gasteiger charge is 2.17. The zero-order valence-corrected chi connectivity index (χ0v) is 11.5. The van der Waals surface area contributed by atoms with Gasteiger partial charge in [-0.2, -0.15) is 0 Å². The molecule has 0 radical (unpaired) electrons. The lowest BCUT2D eigenvalue weighted by molar-refractivity contribution is -0.122. The number of hydrogen-bond acceptors (Lipinski definition) is 4. The molecule has 6 heteroatoms. The van der Waals surface area contributed by atoms with Crippen molar-refractivity contribution in [2.75, 3.05) is 13.1 Å². The van der Waals surface area contributed by atoms with Crippen molar-refractivity contribution in [3.8, 4) is 0 Å². The highest BCUT2D eigenvalue weighted by Crippen LogP contribution is 2.13. The quantitative estimate of drug-likeness (QED) is 0.779. The molecule has 0 saturated heterocycles. The van der Waals surface area contributed by atoms with Gasteiger partial charge in [-0.15, -0.1) is 0 Å². The number of carboxylic acid groups (broad SMARTS) is 1. The van der Waals surface area contributed by atoms with Crippen LogP contribution in [-0.2, 0) is 11.3 Å². The van der Waals surface area contributed by atoms with E-state index in [4.69, 9.17) is 9.52 Å². The van der Waals surface area contributed by atoms with Gasteiger partial charge >= 0.3 is 5.97 Å². The van der Waals surface area contributed by atoms with E-state index < -0.39 is 5.97 Å². The van der Waals surface area contributed by atoms with Gasteiger partial charge in [-0.3, -0.25) is 9.69 Å². The Bertz CT molecular complexity index is 440. The van der Waals surface area contributed by atoms with Crippen molar-refractivity contribution in [1.82, 2.24) is 10.2 Å². The fourth-order valence-corrected chi connectivity index (χ4v) is 1.71. The summed E-state index contributed by atoms with van der Waals surface area (Å²) in [6.45, 7) is 6.84. The fraction of sp³-hybridized carbons (Fsp3) is 0.538. The second kappa shape index (κ2) is 6.94. The van der Waals surface area contributed by atoms with Crippen LogP contribution in [0.4, 0.5) is 0 Å². The van der Waals surface area contributed by atoms with Crippen LogP contribution >= 0.6 is 0 Å². The highest BCUT2D eigenvalue weighted by molar-refractivity contribution is 5.88. The standard InChI is InChI=1S/C13H20N2O4/c1-4-15(8-12(16)14-9(2)3)7-11-10(13(17)18)5-6-19-11/h5-6,9H,4,7-8H2,1-3H3,(H,14,16)(H,17,18). The number of carbonyl (C=O) groups is 2. The lowest BCUT2D eigenvalue weighted by atomic mass is 10.2. The smallest absolute Gasteiger partial charge is 0.339 e. The van der Waals surface area contributed by atoms with Crippen molar-refractivity contribution in [2.45, 2.75) is 33.4 Å². The van der Waals surface area contributed by atoms with Gasteiger partial charge < -0.3 is 14.8 Å². The summed E-state index contributed by atoms with van der Waals surface area (Å²) in [6, 6.07) is 1.50. The van der Waals surface area contributed by atoms with Gasteiger partial charge in [-0.1, -0.05) is 6.92 Å². The SMILES string of the molecule is CCN(CC(=O)NC(C)C)Cc1occc1C(=O)O.